The number of aromatic amines is 1. The Hall–Kier alpha value is -2.47. The number of hydrogen-bond donors (Lipinski definition) is 2. The summed E-state index contributed by atoms with van der Waals surface area (Å²) in [6.07, 6.45) is 1.85. The number of amides is 1. The lowest BCUT2D eigenvalue weighted by atomic mass is 10.1. The van der Waals surface area contributed by atoms with Crippen LogP contribution < -0.4 is 5.32 Å². The summed E-state index contributed by atoms with van der Waals surface area (Å²) in [6, 6.07) is 14.7. The molecule has 3 aromatic rings. The maximum absolute atomic E-state index is 12.1. The Kier molecular flexibility index (Phi) is 4.02. The standard InChI is InChI=1S/C16H15N3O2S/c1-22(21)12-8-6-11(7-9-12)17-16(20)10-15-13-4-2-3-5-14(13)18-19-15/h2-9H,10H2,1H3,(H,17,20)(H,18,19)/t22-/m0/s1. The van der Waals surface area contributed by atoms with Crippen LogP contribution in [0.4, 0.5) is 5.69 Å². The summed E-state index contributed by atoms with van der Waals surface area (Å²) in [6.45, 7) is 0. The van der Waals surface area contributed by atoms with Crippen molar-refractivity contribution in [3.05, 3.63) is 54.2 Å². The lowest BCUT2D eigenvalue weighted by Crippen LogP contribution is -2.14. The minimum atomic E-state index is -1.02. The molecule has 0 saturated carbocycles. The van der Waals surface area contributed by atoms with Crippen LogP contribution in [0.15, 0.2) is 53.4 Å². The maximum Gasteiger partial charge on any atom is 0.230 e. The van der Waals surface area contributed by atoms with Crippen molar-refractivity contribution in [3.8, 4) is 0 Å². The Morgan fingerprint density at radius 3 is 2.64 bits per heavy atom. The van der Waals surface area contributed by atoms with Gasteiger partial charge in [0.1, 0.15) is 0 Å². The summed E-state index contributed by atoms with van der Waals surface area (Å²) >= 11 is 0. The second-order valence-corrected chi connectivity index (χ2v) is 6.30. The molecule has 1 amide bonds. The molecule has 1 atom stereocenters. The van der Waals surface area contributed by atoms with Gasteiger partial charge in [-0.3, -0.25) is 14.1 Å². The minimum absolute atomic E-state index is 0.125. The van der Waals surface area contributed by atoms with Gasteiger partial charge in [-0.1, -0.05) is 18.2 Å². The molecule has 0 aliphatic rings. The Labute approximate surface area is 130 Å². The van der Waals surface area contributed by atoms with E-state index in [1.54, 1.807) is 30.5 Å². The first kappa shape index (κ1) is 14.5. The van der Waals surface area contributed by atoms with E-state index in [0.717, 1.165) is 21.5 Å². The van der Waals surface area contributed by atoms with E-state index >= 15 is 0 Å². The average Bonchev–Trinajstić information content (AvgIpc) is 2.91. The maximum atomic E-state index is 12.1. The second kappa shape index (κ2) is 6.11. The largest absolute Gasteiger partial charge is 0.326 e. The van der Waals surface area contributed by atoms with E-state index in [1.807, 2.05) is 24.3 Å². The lowest BCUT2D eigenvalue weighted by molar-refractivity contribution is -0.115. The van der Waals surface area contributed by atoms with Crippen LogP contribution in [-0.2, 0) is 22.0 Å². The van der Waals surface area contributed by atoms with E-state index < -0.39 is 10.8 Å². The number of carbonyl (C=O) groups is 1. The molecule has 0 fully saturated rings. The summed E-state index contributed by atoms with van der Waals surface area (Å²) in [4.78, 5) is 12.9. The molecule has 3 rings (SSSR count). The van der Waals surface area contributed by atoms with Crippen molar-refractivity contribution in [2.75, 3.05) is 11.6 Å². The molecule has 22 heavy (non-hydrogen) atoms. The fourth-order valence-electron chi connectivity index (χ4n) is 2.24. The van der Waals surface area contributed by atoms with Gasteiger partial charge >= 0.3 is 0 Å². The van der Waals surface area contributed by atoms with Gasteiger partial charge in [-0.2, -0.15) is 5.10 Å². The van der Waals surface area contributed by atoms with Crippen LogP contribution in [0.5, 0.6) is 0 Å². The van der Waals surface area contributed by atoms with Gasteiger partial charge in [-0.25, -0.2) is 0 Å². The van der Waals surface area contributed by atoms with Gasteiger partial charge in [0.2, 0.25) is 5.91 Å². The van der Waals surface area contributed by atoms with Crippen molar-refractivity contribution in [1.29, 1.82) is 0 Å². The van der Waals surface area contributed by atoms with Gasteiger partial charge in [0, 0.05) is 33.0 Å². The Morgan fingerprint density at radius 1 is 1.18 bits per heavy atom. The molecular formula is C16H15N3O2S. The van der Waals surface area contributed by atoms with Crippen molar-refractivity contribution >= 4 is 33.3 Å². The van der Waals surface area contributed by atoms with E-state index in [-0.39, 0.29) is 12.3 Å². The van der Waals surface area contributed by atoms with E-state index in [4.69, 9.17) is 0 Å². The van der Waals surface area contributed by atoms with Crippen LogP contribution in [0, 0.1) is 0 Å². The van der Waals surface area contributed by atoms with E-state index in [2.05, 4.69) is 15.5 Å². The highest BCUT2D eigenvalue weighted by atomic mass is 32.2. The van der Waals surface area contributed by atoms with Crippen molar-refractivity contribution in [3.63, 3.8) is 0 Å². The van der Waals surface area contributed by atoms with E-state index in [1.165, 1.54) is 0 Å². The summed E-state index contributed by atoms with van der Waals surface area (Å²) in [5.41, 5.74) is 2.32. The highest BCUT2D eigenvalue weighted by Gasteiger charge is 2.10. The van der Waals surface area contributed by atoms with Gasteiger partial charge in [0.05, 0.1) is 17.6 Å². The number of carbonyl (C=O) groups excluding carboxylic acids is 1. The molecule has 0 unspecified atom stereocenters. The van der Waals surface area contributed by atoms with Gasteiger partial charge in [0.25, 0.3) is 0 Å². The fourth-order valence-corrected chi connectivity index (χ4v) is 2.76. The smallest absolute Gasteiger partial charge is 0.230 e. The average molecular weight is 313 g/mol. The lowest BCUT2D eigenvalue weighted by Gasteiger charge is -2.05. The van der Waals surface area contributed by atoms with Crippen LogP contribution in [0.25, 0.3) is 10.9 Å². The van der Waals surface area contributed by atoms with Crippen LogP contribution in [-0.4, -0.2) is 26.6 Å². The number of fused-ring (bicyclic) bond motifs is 1. The molecule has 0 aliphatic heterocycles. The van der Waals surface area contributed by atoms with Crippen LogP contribution in [0.3, 0.4) is 0 Å². The number of rotatable bonds is 4. The highest BCUT2D eigenvalue weighted by molar-refractivity contribution is 7.84. The summed E-state index contributed by atoms with van der Waals surface area (Å²) in [7, 11) is -1.02. The first-order valence-corrected chi connectivity index (χ1v) is 8.34. The quantitative estimate of drug-likeness (QED) is 0.777. The summed E-state index contributed by atoms with van der Waals surface area (Å²) < 4.78 is 11.3. The number of benzene rings is 2. The molecule has 6 heteroatoms. The van der Waals surface area contributed by atoms with E-state index in [0.29, 0.717) is 5.69 Å². The third-order valence-electron chi connectivity index (χ3n) is 3.35. The number of nitrogens with zero attached hydrogens (tertiary/aromatic N) is 1. The van der Waals surface area contributed by atoms with Gasteiger partial charge in [-0.05, 0) is 30.3 Å². The Balaban J connectivity index is 1.71. The normalized spacial score (nSPS) is 12.2. The van der Waals surface area contributed by atoms with E-state index in [9.17, 15) is 9.00 Å². The minimum Gasteiger partial charge on any atom is -0.326 e. The monoisotopic (exact) mass is 313 g/mol. The molecule has 0 radical (unpaired) electrons. The zero-order valence-electron chi connectivity index (χ0n) is 12.0. The topological polar surface area (TPSA) is 74.8 Å². The molecule has 5 nitrogen and oxygen atoms in total. The third kappa shape index (κ3) is 3.07. The molecular weight excluding hydrogens is 298 g/mol. The zero-order chi connectivity index (χ0) is 15.5. The number of H-pyrrole nitrogens is 1. The van der Waals surface area contributed by atoms with Crippen LogP contribution in [0.2, 0.25) is 0 Å². The number of para-hydroxylation sites is 1. The number of aromatic nitrogens is 2. The SMILES string of the molecule is C[S@](=O)c1ccc(NC(=O)Cc2[nH]nc3ccccc23)cc1. The van der Waals surface area contributed by atoms with Crippen molar-refractivity contribution in [1.82, 2.24) is 10.2 Å². The van der Waals surface area contributed by atoms with Gasteiger partial charge < -0.3 is 5.32 Å². The number of nitrogens with one attached hydrogen (secondary N) is 2. The Morgan fingerprint density at radius 2 is 1.91 bits per heavy atom. The van der Waals surface area contributed by atoms with Crippen molar-refractivity contribution in [2.24, 2.45) is 0 Å². The molecule has 0 saturated heterocycles. The highest BCUT2D eigenvalue weighted by Crippen LogP contribution is 2.17. The molecule has 0 bridgehead atoms. The Bertz CT molecular complexity index is 840. The second-order valence-electron chi connectivity index (χ2n) is 4.92. The first-order valence-electron chi connectivity index (χ1n) is 6.79. The first-order chi connectivity index (χ1) is 10.6. The fraction of sp³-hybridized carbons (Fsp3) is 0.125. The van der Waals surface area contributed by atoms with Crippen LogP contribution in [0.1, 0.15) is 5.69 Å². The molecule has 0 aliphatic carbocycles. The van der Waals surface area contributed by atoms with Crippen molar-refractivity contribution in [2.45, 2.75) is 11.3 Å². The number of hydrogen-bond acceptors (Lipinski definition) is 3. The molecule has 2 N–H and O–H groups in total. The van der Waals surface area contributed by atoms with Gasteiger partial charge in [0.15, 0.2) is 0 Å². The molecule has 2 aromatic carbocycles. The molecule has 0 spiro atoms. The zero-order valence-corrected chi connectivity index (χ0v) is 12.8. The predicted molar refractivity (Wildman–Crippen MR) is 87.2 cm³/mol. The third-order valence-corrected chi connectivity index (χ3v) is 4.28. The number of anilines is 1. The predicted octanol–water partition coefficient (Wildman–Crippen LogP) is 2.48. The molecule has 1 heterocycles. The summed E-state index contributed by atoms with van der Waals surface area (Å²) in [5, 5.41) is 10.9. The van der Waals surface area contributed by atoms with Crippen LogP contribution >= 0.6 is 0 Å². The van der Waals surface area contributed by atoms with Gasteiger partial charge in [-0.15, -0.1) is 0 Å². The van der Waals surface area contributed by atoms with Crippen molar-refractivity contribution < 1.29 is 9.00 Å². The summed E-state index contributed by atoms with van der Waals surface area (Å²) in [5.74, 6) is -0.125. The molecule has 112 valence electrons. The molecule has 1 aromatic heterocycles.